The molecule has 1 aromatic heterocycles. The first-order valence-electron chi connectivity index (χ1n) is 3.23. The van der Waals surface area contributed by atoms with Crippen molar-refractivity contribution >= 4 is 17.3 Å². The largest absolute Gasteiger partial charge is 1.00 e. The molecule has 68 valence electrons. The molecule has 0 aromatic carbocycles. The van der Waals surface area contributed by atoms with Crippen LogP contribution in [0.2, 0.25) is 0 Å². The fourth-order valence-electron chi connectivity index (χ4n) is 0.742. The van der Waals surface area contributed by atoms with Crippen molar-refractivity contribution in [1.29, 1.82) is 0 Å². The van der Waals surface area contributed by atoms with Gasteiger partial charge in [-0.05, 0) is 6.92 Å². The standard InChI is InChI=1S/C7H10NO2S.BrH/c1-6-3-8(5-11-6)4-7(9)10-2;/h3,5H,4H2,1-2H3;1H/q+1;/p-1. The average Bonchev–Trinajstić information content (AvgIpc) is 2.35. The van der Waals surface area contributed by atoms with Gasteiger partial charge in [-0.25, -0.2) is 4.79 Å². The van der Waals surface area contributed by atoms with E-state index in [-0.39, 0.29) is 23.0 Å². The second kappa shape index (κ2) is 5.27. The van der Waals surface area contributed by atoms with Gasteiger partial charge >= 0.3 is 5.97 Å². The maximum absolute atomic E-state index is 10.8. The average molecular weight is 252 g/mol. The fraction of sp³-hybridized carbons (Fsp3) is 0.429. The number of methoxy groups -OCH3 is 1. The molecule has 0 radical (unpaired) electrons. The minimum Gasteiger partial charge on any atom is -1.00 e. The third kappa shape index (κ3) is 3.32. The van der Waals surface area contributed by atoms with E-state index in [9.17, 15) is 4.79 Å². The van der Waals surface area contributed by atoms with Gasteiger partial charge in [0, 0.05) is 0 Å². The van der Waals surface area contributed by atoms with Crippen molar-refractivity contribution in [2.45, 2.75) is 13.5 Å². The van der Waals surface area contributed by atoms with E-state index in [1.54, 1.807) is 11.3 Å². The predicted octanol–water partition coefficient (Wildman–Crippen LogP) is -2.48. The van der Waals surface area contributed by atoms with Crippen LogP contribution in [0.3, 0.4) is 0 Å². The molecule has 0 saturated carbocycles. The van der Waals surface area contributed by atoms with E-state index in [1.165, 1.54) is 12.0 Å². The molecule has 0 spiro atoms. The monoisotopic (exact) mass is 251 g/mol. The molecular formula is C7H10BrNO2S. The zero-order valence-electron chi connectivity index (χ0n) is 6.91. The number of rotatable bonds is 2. The molecule has 1 rings (SSSR count). The Morgan fingerprint density at radius 2 is 2.42 bits per heavy atom. The summed E-state index contributed by atoms with van der Waals surface area (Å²) in [4.78, 5) is 11.9. The molecule has 0 aliphatic heterocycles. The molecule has 12 heavy (non-hydrogen) atoms. The molecule has 0 N–H and O–H groups in total. The molecule has 0 bridgehead atoms. The lowest BCUT2D eigenvalue weighted by molar-refractivity contribution is -0.681. The van der Waals surface area contributed by atoms with Gasteiger partial charge in [0.2, 0.25) is 12.1 Å². The molecule has 0 saturated heterocycles. The quantitative estimate of drug-likeness (QED) is 0.431. The van der Waals surface area contributed by atoms with Crippen molar-refractivity contribution < 1.29 is 31.1 Å². The number of hydrogen-bond acceptors (Lipinski definition) is 3. The molecule has 0 amide bonds. The lowest BCUT2D eigenvalue weighted by Crippen LogP contribution is -3.00. The van der Waals surface area contributed by atoms with Gasteiger partial charge in [-0.1, -0.05) is 11.3 Å². The topological polar surface area (TPSA) is 30.2 Å². The number of halogens is 1. The van der Waals surface area contributed by atoms with E-state index < -0.39 is 0 Å². The van der Waals surface area contributed by atoms with Crippen molar-refractivity contribution in [3.63, 3.8) is 0 Å². The molecule has 0 fully saturated rings. The summed E-state index contributed by atoms with van der Waals surface area (Å²) >= 11 is 1.61. The Bertz CT molecular complexity index is 262. The van der Waals surface area contributed by atoms with E-state index in [0.29, 0.717) is 6.54 Å². The van der Waals surface area contributed by atoms with Crippen LogP contribution >= 0.6 is 11.3 Å². The molecular weight excluding hydrogens is 242 g/mol. The summed E-state index contributed by atoms with van der Waals surface area (Å²) < 4.78 is 6.32. The third-order valence-corrected chi connectivity index (χ3v) is 2.11. The highest BCUT2D eigenvalue weighted by atomic mass is 79.9. The van der Waals surface area contributed by atoms with Crippen LogP contribution in [0.25, 0.3) is 0 Å². The first-order chi connectivity index (χ1) is 5.22. The Kier molecular flexibility index (Phi) is 5.08. The molecule has 0 atom stereocenters. The van der Waals surface area contributed by atoms with Gasteiger partial charge in [0.05, 0.1) is 12.0 Å². The van der Waals surface area contributed by atoms with Crippen LogP contribution in [-0.4, -0.2) is 13.1 Å². The summed E-state index contributed by atoms with van der Waals surface area (Å²) in [7, 11) is 1.39. The normalized spacial score (nSPS) is 8.83. The number of nitrogens with zero attached hydrogens (tertiary/aromatic N) is 1. The smallest absolute Gasteiger partial charge is 0.372 e. The minimum absolute atomic E-state index is 0. The maximum atomic E-state index is 10.8. The number of carbonyl (C=O) groups excluding carboxylic acids is 1. The number of hydrogen-bond donors (Lipinski definition) is 0. The second-order valence-corrected chi connectivity index (χ2v) is 3.30. The third-order valence-electron chi connectivity index (χ3n) is 1.26. The number of carbonyl (C=O) groups is 1. The zero-order valence-corrected chi connectivity index (χ0v) is 9.31. The van der Waals surface area contributed by atoms with Gasteiger partial charge in [0.25, 0.3) is 0 Å². The van der Waals surface area contributed by atoms with Crippen molar-refractivity contribution in [1.82, 2.24) is 0 Å². The van der Waals surface area contributed by atoms with Crippen LogP contribution in [0.15, 0.2) is 11.7 Å². The zero-order chi connectivity index (χ0) is 8.27. The minimum atomic E-state index is -0.215. The summed E-state index contributed by atoms with van der Waals surface area (Å²) in [6.45, 7) is 2.30. The van der Waals surface area contributed by atoms with Crippen LogP contribution in [-0.2, 0) is 16.1 Å². The second-order valence-electron chi connectivity index (χ2n) is 2.21. The molecule has 0 unspecified atom stereocenters. The van der Waals surface area contributed by atoms with Gasteiger partial charge < -0.3 is 21.7 Å². The number of ether oxygens (including phenoxy) is 1. The lowest BCUT2D eigenvalue weighted by atomic mass is 10.6. The Morgan fingerprint density at radius 1 is 1.75 bits per heavy atom. The lowest BCUT2D eigenvalue weighted by Gasteiger charge is -1.90. The summed E-state index contributed by atoms with van der Waals surface area (Å²) in [5.41, 5.74) is 1.90. The number of aryl methyl sites for hydroxylation is 1. The van der Waals surface area contributed by atoms with Crippen molar-refractivity contribution in [2.75, 3.05) is 7.11 Å². The van der Waals surface area contributed by atoms with Crippen LogP contribution in [0.1, 0.15) is 4.88 Å². The van der Waals surface area contributed by atoms with Gasteiger partial charge in [0.1, 0.15) is 0 Å². The van der Waals surface area contributed by atoms with Crippen LogP contribution in [0.4, 0.5) is 0 Å². The fourth-order valence-corrected chi connectivity index (χ4v) is 1.38. The summed E-state index contributed by atoms with van der Waals surface area (Å²) in [6, 6.07) is 0. The molecule has 5 heteroatoms. The van der Waals surface area contributed by atoms with E-state index in [4.69, 9.17) is 0 Å². The van der Waals surface area contributed by atoms with Crippen molar-refractivity contribution in [3.8, 4) is 0 Å². The highest BCUT2D eigenvalue weighted by Gasteiger charge is 2.09. The van der Waals surface area contributed by atoms with Crippen LogP contribution < -0.4 is 21.5 Å². The Morgan fingerprint density at radius 3 is 2.83 bits per heavy atom. The molecule has 0 aliphatic carbocycles. The predicted molar refractivity (Wildman–Crippen MR) is 41.3 cm³/mol. The summed E-state index contributed by atoms with van der Waals surface area (Å²) in [5.74, 6) is -0.215. The van der Waals surface area contributed by atoms with Gasteiger partial charge in [-0.2, -0.15) is 4.57 Å². The summed E-state index contributed by atoms with van der Waals surface area (Å²) in [5, 5.41) is 0. The number of aromatic nitrogens is 1. The van der Waals surface area contributed by atoms with Crippen molar-refractivity contribution in [3.05, 3.63) is 16.6 Å². The number of esters is 1. The first-order valence-corrected chi connectivity index (χ1v) is 4.11. The van der Waals surface area contributed by atoms with E-state index >= 15 is 0 Å². The van der Waals surface area contributed by atoms with Crippen LogP contribution in [0.5, 0.6) is 0 Å². The van der Waals surface area contributed by atoms with E-state index in [2.05, 4.69) is 4.74 Å². The highest BCUT2D eigenvalue weighted by Crippen LogP contribution is 1.99. The highest BCUT2D eigenvalue weighted by molar-refractivity contribution is 7.09. The van der Waals surface area contributed by atoms with Gasteiger partial charge in [-0.15, -0.1) is 0 Å². The van der Waals surface area contributed by atoms with E-state index in [1.807, 2.05) is 23.2 Å². The maximum Gasteiger partial charge on any atom is 0.372 e. The number of thiazole rings is 1. The summed E-state index contributed by atoms with van der Waals surface area (Å²) in [6.07, 6.45) is 1.92. The molecule has 1 heterocycles. The van der Waals surface area contributed by atoms with Crippen LogP contribution in [0, 0.1) is 6.92 Å². The Balaban J connectivity index is 0.00000121. The first kappa shape index (κ1) is 11.6. The Labute approximate surface area is 85.7 Å². The molecule has 1 aromatic rings. The van der Waals surface area contributed by atoms with Crippen molar-refractivity contribution in [2.24, 2.45) is 0 Å². The van der Waals surface area contributed by atoms with Gasteiger partial charge in [-0.3, -0.25) is 0 Å². The van der Waals surface area contributed by atoms with Gasteiger partial charge in [0.15, 0.2) is 6.20 Å². The van der Waals surface area contributed by atoms with E-state index in [0.717, 1.165) is 0 Å². The molecule has 3 nitrogen and oxygen atoms in total. The Hall–Kier alpha value is -0.420. The molecule has 0 aliphatic rings. The SMILES string of the molecule is COC(=O)C[n+]1csc(C)c1.[Br-].